The first-order valence-electron chi connectivity index (χ1n) is 9.43. The molecule has 1 saturated carbocycles. The van der Waals surface area contributed by atoms with Crippen LogP contribution >= 0.6 is 0 Å². The number of fused-ring (bicyclic) bond motifs is 7. The number of hydrogen-bond acceptors (Lipinski definition) is 2. The van der Waals surface area contributed by atoms with E-state index in [1.54, 1.807) is 0 Å². The first-order chi connectivity index (χ1) is 12.0. The Morgan fingerprint density at radius 3 is 2.28 bits per heavy atom. The Kier molecular flexibility index (Phi) is 3.10. The summed E-state index contributed by atoms with van der Waals surface area (Å²) in [4.78, 5) is 10.2. The number of hydrogen-bond donors (Lipinski definition) is 0. The Morgan fingerprint density at radius 2 is 1.56 bits per heavy atom. The molecule has 2 aromatic heterocycles. The Labute approximate surface area is 149 Å². The monoisotopic (exact) mass is 328 g/mol. The highest BCUT2D eigenvalue weighted by Crippen LogP contribution is 2.56. The molecule has 0 saturated heterocycles. The minimum Gasteiger partial charge on any atom is -0.250 e. The van der Waals surface area contributed by atoms with Crippen LogP contribution in [0.4, 0.5) is 0 Å². The molecule has 126 valence electrons. The second-order valence-corrected chi connectivity index (χ2v) is 8.67. The van der Waals surface area contributed by atoms with Gasteiger partial charge in [0.05, 0.1) is 16.7 Å². The molecule has 0 N–H and O–H groups in total. The van der Waals surface area contributed by atoms with Gasteiger partial charge in [-0.05, 0) is 54.4 Å². The Hall–Kier alpha value is -2.22. The second-order valence-electron chi connectivity index (χ2n) is 8.67. The van der Waals surface area contributed by atoms with Crippen molar-refractivity contribution in [3.63, 3.8) is 0 Å². The number of pyridine rings is 2. The largest absolute Gasteiger partial charge is 0.250 e. The van der Waals surface area contributed by atoms with Gasteiger partial charge in [0.2, 0.25) is 0 Å². The van der Waals surface area contributed by atoms with Gasteiger partial charge in [0, 0.05) is 16.7 Å². The van der Waals surface area contributed by atoms with E-state index in [-0.39, 0.29) is 5.41 Å². The number of aromatic nitrogens is 2. The van der Waals surface area contributed by atoms with E-state index in [4.69, 9.17) is 9.97 Å². The fourth-order valence-corrected chi connectivity index (χ4v) is 4.74. The maximum Gasteiger partial charge on any atom is 0.0928 e. The van der Waals surface area contributed by atoms with Crippen molar-refractivity contribution in [2.75, 3.05) is 0 Å². The highest BCUT2D eigenvalue weighted by atomic mass is 14.8. The SMILES string of the molecule is CC(C)(C)c1ccc2nc(-c3ccccc3)c3c(c2n1)C1CCC3C1. The molecule has 2 unspecified atom stereocenters. The molecule has 2 heteroatoms. The molecule has 0 spiro atoms. The Balaban J connectivity index is 1.83. The van der Waals surface area contributed by atoms with Crippen molar-refractivity contribution in [1.82, 2.24) is 9.97 Å². The average Bonchev–Trinajstić information content (AvgIpc) is 3.23. The normalized spacial score (nSPS) is 21.7. The van der Waals surface area contributed by atoms with E-state index in [1.165, 1.54) is 47.3 Å². The van der Waals surface area contributed by atoms with Crippen molar-refractivity contribution >= 4 is 11.0 Å². The summed E-state index contributed by atoms with van der Waals surface area (Å²) in [6, 6.07) is 15.0. The van der Waals surface area contributed by atoms with Crippen LogP contribution in [0.5, 0.6) is 0 Å². The van der Waals surface area contributed by atoms with E-state index >= 15 is 0 Å². The molecule has 2 heterocycles. The summed E-state index contributed by atoms with van der Waals surface area (Å²) in [6.07, 6.45) is 3.91. The van der Waals surface area contributed by atoms with Crippen LogP contribution in [0.1, 0.15) is 68.7 Å². The summed E-state index contributed by atoms with van der Waals surface area (Å²) in [5, 5.41) is 0. The zero-order chi connectivity index (χ0) is 17.2. The van der Waals surface area contributed by atoms with Crippen LogP contribution in [0.2, 0.25) is 0 Å². The summed E-state index contributed by atoms with van der Waals surface area (Å²) in [6.45, 7) is 6.71. The summed E-state index contributed by atoms with van der Waals surface area (Å²) < 4.78 is 0. The highest BCUT2D eigenvalue weighted by Gasteiger charge is 2.41. The van der Waals surface area contributed by atoms with Crippen molar-refractivity contribution in [2.24, 2.45) is 0 Å². The maximum atomic E-state index is 5.11. The molecule has 5 rings (SSSR count). The topological polar surface area (TPSA) is 25.8 Å². The number of benzene rings is 1. The van der Waals surface area contributed by atoms with Gasteiger partial charge in [-0.1, -0.05) is 51.1 Å². The van der Waals surface area contributed by atoms with E-state index < -0.39 is 0 Å². The summed E-state index contributed by atoms with van der Waals surface area (Å²) in [5.74, 6) is 1.35. The van der Waals surface area contributed by atoms with Crippen molar-refractivity contribution in [3.05, 3.63) is 59.3 Å². The van der Waals surface area contributed by atoms with Gasteiger partial charge < -0.3 is 0 Å². The molecule has 2 nitrogen and oxygen atoms in total. The fourth-order valence-electron chi connectivity index (χ4n) is 4.74. The third kappa shape index (κ3) is 2.23. The van der Waals surface area contributed by atoms with Gasteiger partial charge in [-0.3, -0.25) is 4.98 Å². The van der Waals surface area contributed by atoms with Gasteiger partial charge in [0.15, 0.2) is 0 Å². The average molecular weight is 328 g/mol. The molecule has 2 aliphatic rings. The lowest BCUT2D eigenvalue weighted by Crippen LogP contribution is -2.14. The van der Waals surface area contributed by atoms with E-state index in [0.29, 0.717) is 11.8 Å². The standard InChI is InChI=1S/C23H24N2/c1-23(2,3)18-12-11-17-22(25-18)20-16-10-9-15(13-16)19(20)21(24-17)14-7-5-4-6-8-14/h4-8,11-12,15-16H,9-10,13H2,1-3H3. The van der Waals surface area contributed by atoms with Gasteiger partial charge >= 0.3 is 0 Å². The van der Waals surface area contributed by atoms with Crippen LogP contribution in [-0.2, 0) is 5.41 Å². The molecule has 2 bridgehead atoms. The van der Waals surface area contributed by atoms with Crippen molar-refractivity contribution in [1.29, 1.82) is 0 Å². The summed E-state index contributed by atoms with van der Waals surface area (Å²) >= 11 is 0. The quantitative estimate of drug-likeness (QED) is 0.551. The van der Waals surface area contributed by atoms with Gasteiger partial charge in [0.1, 0.15) is 0 Å². The predicted molar refractivity (Wildman–Crippen MR) is 103 cm³/mol. The summed E-state index contributed by atoms with van der Waals surface area (Å²) in [5.41, 5.74) is 8.89. The third-order valence-corrected chi connectivity index (χ3v) is 5.97. The van der Waals surface area contributed by atoms with Crippen LogP contribution in [0.3, 0.4) is 0 Å². The van der Waals surface area contributed by atoms with Gasteiger partial charge in [-0.25, -0.2) is 4.98 Å². The maximum absolute atomic E-state index is 5.11. The van der Waals surface area contributed by atoms with Crippen LogP contribution in [0.15, 0.2) is 42.5 Å². The predicted octanol–water partition coefficient (Wildman–Crippen LogP) is 5.96. The number of rotatable bonds is 1. The molecule has 1 aromatic carbocycles. The summed E-state index contributed by atoms with van der Waals surface area (Å²) in [7, 11) is 0. The molecule has 25 heavy (non-hydrogen) atoms. The zero-order valence-electron chi connectivity index (χ0n) is 15.2. The molecule has 2 aliphatic carbocycles. The smallest absolute Gasteiger partial charge is 0.0928 e. The van der Waals surface area contributed by atoms with Gasteiger partial charge in [-0.2, -0.15) is 0 Å². The molecule has 2 atom stereocenters. The van der Waals surface area contributed by atoms with Crippen molar-refractivity contribution in [2.45, 2.75) is 57.3 Å². The van der Waals surface area contributed by atoms with Gasteiger partial charge in [0.25, 0.3) is 0 Å². The lowest BCUT2D eigenvalue weighted by molar-refractivity contribution is 0.571. The molecule has 1 fully saturated rings. The zero-order valence-corrected chi connectivity index (χ0v) is 15.2. The molecule has 0 radical (unpaired) electrons. The van der Waals surface area contributed by atoms with E-state index in [2.05, 4.69) is 63.2 Å². The van der Waals surface area contributed by atoms with Crippen LogP contribution in [-0.4, -0.2) is 9.97 Å². The molecule has 0 aliphatic heterocycles. The Bertz CT molecular complexity index is 967. The number of nitrogens with zero attached hydrogens (tertiary/aromatic N) is 2. The molecule has 0 amide bonds. The minimum atomic E-state index is 0.0663. The third-order valence-electron chi connectivity index (χ3n) is 5.97. The van der Waals surface area contributed by atoms with Crippen LogP contribution in [0.25, 0.3) is 22.3 Å². The van der Waals surface area contributed by atoms with Crippen LogP contribution < -0.4 is 0 Å². The van der Waals surface area contributed by atoms with Crippen molar-refractivity contribution < 1.29 is 0 Å². The first-order valence-corrected chi connectivity index (χ1v) is 9.43. The minimum absolute atomic E-state index is 0.0663. The van der Waals surface area contributed by atoms with E-state index in [1.807, 2.05) is 0 Å². The first kappa shape index (κ1) is 15.1. The fraction of sp³-hybridized carbons (Fsp3) is 0.391. The lowest BCUT2D eigenvalue weighted by atomic mass is 9.86. The Morgan fingerprint density at radius 1 is 0.840 bits per heavy atom. The van der Waals surface area contributed by atoms with Crippen LogP contribution in [0, 0.1) is 0 Å². The molecular weight excluding hydrogens is 304 g/mol. The van der Waals surface area contributed by atoms with E-state index in [0.717, 1.165) is 11.0 Å². The lowest BCUT2D eigenvalue weighted by Gasteiger charge is -2.23. The highest BCUT2D eigenvalue weighted by molar-refractivity contribution is 5.86. The molecule has 3 aromatic rings. The van der Waals surface area contributed by atoms with Crippen molar-refractivity contribution in [3.8, 4) is 11.3 Å². The van der Waals surface area contributed by atoms with E-state index in [9.17, 15) is 0 Å². The van der Waals surface area contributed by atoms with Gasteiger partial charge in [-0.15, -0.1) is 0 Å². The molecular formula is C23H24N2. The second kappa shape index (κ2) is 5.14.